The molecule has 0 fully saturated rings. The van der Waals surface area contributed by atoms with E-state index in [1.54, 1.807) is 13.0 Å². The summed E-state index contributed by atoms with van der Waals surface area (Å²) in [4.78, 5) is 22.8. The molecule has 20 heavy (non-hydrogen) atoms. The largest absolute Gasteiger partial charge is 0.493 e. The molecule has 0 aliphatic carbocycles. The number of benzene rings is 1. The fourth-order valence-corrected chi connectivity index (χ4v) is 1.72. The highest BCUT2D eigenvalue weighted by Crippen LogP contribution is 2.34. The lowest BCUT2D eigenvalue weighted by Gasteiger charge is -2.18. The summed E-state index contributed by atoms with van der Waals surface area (Å²) in [7, 11) is 1.43. The van der Waals surface area contributed by atoms with Crippen LogP contribution in [0.2, 0.25) is 5.02 Å². The molecule has 0 spiro atoms. The molecule has 1 amide bonds. The number of hydrogen-bond donors (Lipinski definition) is 1. The summed E-state index contributed by atoms with van der Waals surface area (Å²) < 4.78 is 10.6. The highest BCUT2D eigenvalue weighted by Gasteiger charge is 2.19. The van der Waals surface area contributed by atoms with Gasteiger partial charge in [0.25, 0.3) is 5.91 Å². The summed E-state index contributed by atoms with van der Waals surface area (Å²) in [5.41, 5.74) is 0.220. The van der Waals surface area contributed by atoms with Crippen LogP contribution in [-0.4, -0.2) is 32.0 Å². The second-order valence-corrected chi connectivity index (χ2v) is 4.37. The number of carbonyl (C=O) groups excluding carboxylic acids is 2. The van der Waals surface area contributed by atoms with Crippen molar-refractivity contribution in [3.63, 3.8) is 0 Å². The molecular formula is C14H16ClNO4. The van der Waals surface area contributed by atoms with Crippen molar-refractivity contribution in [1.29, 1.82) is 0 Å². The number of halogens is 1. The maximum absolute atomic E-state index is 11.7. The van der Waals surface area contributed by atoms with Gasteiger partial charge in [-0.2, -0.15) is 0 Å². The van der Waals surface area contributed by atoms with E-state index < -0.39 is 6.10 Å². The second-order valence-electron chi connectivity index (χ2n) is 3.94. The van der Waals surface area contributed by atoms with Gasteiger partial charge in [0.05, 0.1) is 12.7 Å². The molecule has 0 radical (unpaired) electrons. The van der Waals surface area contributed by atoms with Crippen molar-refractivity contribution >= 4 is 23.8 Å². The predicted octanol–water partition coefficient (Wildman–Crippen LogP) is 2.23. The zero-order valence-corrected chi connectivity index (χ0v) is 12.1. The Labute approximate surface area is 122 Å². The van der Waals surface area contributed by atoms with Crippen LogP contribution in [0.25, 0.3) is 0 Å². The van der Waals surface area contributed by atoms with Crippen LogP contribution in [0.15, 0.2) is 24.8 Å². The van der Waals surface area contributed by atoms with Crippen molar-refractivity contribution in [2.45, 2.75) is 13.0 Å². The van der Waals surface area contributed by atoms with Crippen LogP contribution in [0.5, 0.6) is 11.5 Å². The average molecular weight is 298 g/mol. The summed E-state index contributed by atoms with van der Waals surface area (Å²) in [6.45, 7) is 5.41. The molecule has 0 aliphatic heterocycles. The summed E-state index contributed by atoms with van der Waals surface area (Å²) in [6.07, 6.45) is 1.37. The predicted molar refractivity (Wildman–Crippen MR) is 76.7 cm³/mol. The van der Waals surface area contributed by atoms with Crippen molar-refractivity contribution in [2.75, 3.05) is 13.7 Å². The number of amides is 1. The van der Waals surface area contributed by atoms with Crippen molar-refractivity contribution in [3.8, 4) is 11.5 Å². The minimum Gasteiger partial charge on any atom is -0.493 e. The van der Waals surface area contributed by atoms with Gasteiger partial charge in [0.2, 0.25) is 0 Å². The van der Waals surface area contributed by atoms with Crippen LogP contribution in [0.1, 0.15) is 17.3 Å². The van der Waals surface area contributed by atoms with Gasteiger partial charge < -0.3 is 14.8 Å². The fraction of sp³-hybridized carbons (Fsp3) is 0.286. The van der Waals surface area contributed by atoms with Crippen LogP contribution in [0, 0.1) is 0 Å². The summed E-state index contributed by atoms with van der Waals surface area (Å²) in [6, 6.07) is 2.96. The van der Waals surface area contributed by atoms with E-state index in [-0.39, 0.29) is 17.2 Å². The molecule has 5 nitrogen and oxygen atoms in total. The van der Waals surface area contributed by atoms with Gasteiger partial charge in [-0.1, -0.05) is 17.7 Å². The van der Waals surface area contributed by atoms with E-state index in [2.05, 4.69) is 11.9 Å². The van der Waals surface area contributed by atoms with E-state index in [0.29, 0.717) is 23.6 Å². The van der Waals surface area contributed by atoms with Crippen molar-refractivity contribution < 1.29 is 19.1 Å². The lowest BCUT2D eigenvalue weighted by Crippen LogP contribution is -2.36. The van der Waals surface area contributed by atoms with Crippen molar-refractivity contribution in [3.05, 3.63) is 35.4 Å². The highest BCUT2D eigenvalue weighted by atomic mass is 35.5. The van der Waals surface area contributed by atoms with Gasteiger partial charge >= 0.3 is 0 Å². The number of methoxy groups -OCH3 is 1. The van der Waals surface area contributed by atoms with Gasteiger partial charge in [-0.25, -0.2) is 0 Å². The number of nitrogens with one attached hydrogen (secondary N) is 1. The first-order valence-electron chi connectivity index (χ1n) is 5.91. The smallest absolute Gasteiger partial charge is 0.261 e. The number of rotatable bonds is 7. The lowest BCUT2D eigenvalue weighted by atomic mass is 10.2. The SMILES string of the molecule is C=CCNC(=O)C(C)Oc1c(C=O)cc(Cl)cc1OC. The van der Waals surface area contributed by atoms with Crippen LogP contribution in [0.3, 0.4) is 0 Å². The third-order valence-corrected chi connectivity index (χ3v) is 2.70. The molecule has 6 heteroatoms. The topological polar surface area (TPSA) is 64.6 Å². The number of aldehydes is 1. The zero-order chi connectivity index (χ0) is 15.1. The fourth-order valence-electron chi connectivity index (χ4n) is 1.50. The van der Waals surface area contributed by atoms with E-state index >= 15 is 0 Å². The summed E-state index contributed by atoms with van der Waals surface area (Å²) >= 11 is 5.86. The van der Waals surface area contributed by atoms with Gasteiger partial charge in [0.1, 0.15) is 0 Å². The Morgan fingerprint density at radius 2 is 2.25 bits per heavy atom. The zero-order valence-electron chi connectivity index (χ0n) is 11.3. The van der Waals surface area contributed by atoms with E-state index in [9.17, 15) is 9.59 Å². The molecule has 1 atom stereocenters. The Morgan fingerprint density at radius 1 is 1.55 bits per heavy atom. The molecule has 0 aliphatic rings. The molecule has 108 valence electrons. The van der Waals surface area contributed by atoms with Crippen molar-refractivity contribution in [1.82, 2.24) is 5.32 Å². The number of ether oxygens (including phenoxy) is 2. The molecule has 1 rings (SSSR count). The van der Waals surface area contributed by atoms with Gasteiger partial charge in [0.15, 0.2) is 23.9 Å². The van der Waals surface area contributed by atoms with Gasteiger partial charge in [-0.3, -0.25) is 9.59 Å². The maximum Gasteiger partial charge on any atom is 0.261 e. The molecule has 0 saturated carbocycles. The molecule has 1 aromatic rings. The summed E-state index contributed by atoms with van der Waals surface area (Å²) in [5.74, 6) is 0.162. The third-order valence-electron chi connectivity index (χ3n) is 2.48. The first-order chi connectivity index (χ1) is 9.53. The minimum atomic E-state index is -0.788. The maximum atomic E-state index is 11.7. The molecule has 0 aromatic heterocycles. The summed E-state index contributed by atoms with van der Waals surface area (Å²) in [5, 5.41) is 2.95. The third kappa shape index (κ3) is 3.99. The quantitative estimate of drug-likeness (QED) is 0.619. The van der Waals surface area contributed by atoms with Gasteiger partial charge in [0, 0.05) is 17.6 Å². The van der Waals surface area contributed by atoms with Crippen LogP contribution in [0.4, 0.5) is 0 Å². The van der Waals surface area contributed by atoms with E-state index in [1.807, 2.05) is 0 Å². The second kappa shape index (κ2) is 7.55. The van der Waals surface area contributed by atoms with Crippen LogP contribution < -0.4 is 14.8 Å². The normalized spacial score (nSPS) is 11.3. The monoisotopic (exact) mass is 297 g/mol. The number of carbonyl (C=O) groups is 2. The Bertz CT molecular complexity index is 516. The Hall–Kier alpha value is -2.01. The standard InChI is InChI=1S/C14H16ClNO4/c1-4-5-16-14(18)9(2)20-13-10(8-17)6-11(15)7-12(13)19-3/h4,6-9H,1,5H2,2-3H3,(H,16,18). The first kappa shape index (κ1) is 16.0. The Balaban J connectivity index is 2.98. The Morgan fingerprint density at radius 3 is 2.80 bits per heavy atom. The number of hydrogen-bond acceptors (Lipinski definition) is 4. The lowest BCUT2D eigenvalue weighted by molar-refractivity contribution is -0.127. The average Bonchev–Trinajstić information content (AvgIpc) is 2.45. The van der Waals surface area contributed by atoms with E-state index in [4.69, 9.17) is 21.1 Å². The van der Waals surface area contributed by atoms with Gasteiger partial charge in [-0.05, 0) is 13.0 Å². The van der Waals surface area contributed by atoms with Crippen LogP contribution >= 0.6 is 11.6 Å². The van der Waals surface area contributed by atoms with Crippen molar-refractivity contribution in [2.24, 2.45) is 0 Å². The Kier molecular flexibility index (Phi) is 6.06. The molecule has 1 unspecified atom stereocenters. The molecular weight excluding hydrogens is 282 g/mol. The molecule has 1 N–H and O–H groups in total. The highest BCUT2D eigenvalue weighted by molar-refractivity contribution is 6.31. The molecule has 1 aromatic carbocycles. The first-order valence-corrected chi connectivity index (χ1v) is 6.29. The molecule has 0 heterocycles. The van der Waals surface area contributed by atoms with Crippen LogP contribution in [-0.2, 0) is 4.79 Å². The van der Waals surface area contributed by atoms with E-state index in [0.717, 1.165) is 0 Å². The molecule has 0 bridgehead atoms. The molecule has 0 saturated heterocycles. The van der Waals surface area contributed by atoms with Gasteiger partial charge in [-0.15, -0.1) is 6.58 Å². The minimum absolute atomic E-state index is 0.188. The van der Waals surface area contributed by atoms with E-state index in [1.165, 1.54) is 19.2 Å².